The number of rotatable bonds is 5. The maximum absolute atomic E-state index is 12.5. The molecule has 7 nitrogen and oxygen atoms in total. The normalized spacial score (nSPS) is 24.4. The number of aliphatic hydroxyl groups is 1. The number of hydrogen-bond donors (Lipinski definition) is 2. The van der Waals surface area contributed by atoms with E-state index >= 15 is 0 Å². The van der Waals surface area contributed by atoms with Crippen molar-refractivity contribution in [3.8, 4) is 0 Å². The van der Waals surface area contributed by atoms with Crippen molar-refractivity contribution in [2.24, 2.45) is 5.92 Å². The summed E-state index contributed by atoms with van der Waals surface area (Å²) in [5.74, 6) is 1.32. The number of carbonyl (C=O) groups excluding carboxylic acids is 1. The third-order valence-corrected chi connectivity index (χ3v) is 5.84. The molecule has 4 rings (SSSR count). The molecule has 2 N–H and O–H groups in total. The second-order valence-electron chi connectivity index (χ2n) is 7.85. The van der Waals surface area contributed by atoms with Crippen LogP contribution >= 0.6 is 0 Å². The van der Waals surface area contributed by atoms with Crippen LogP contribution in [0.1, 0.15) is 66.1 Å². The van der Waals surface area contributed by atoms with Gasteiger partial charge in [-0.05, 0) is 57.9 Å². The maximum Gasteiger partial charge on any atom is 0.287 e. The lowest BCUT2D eigenvalue weighted by Crippen LogP contribution is -2.39. The molecule has 7 heteroatoms. The molecule has 26 heavy (non-hydrogen) atoms. The van der Waals surface area contributed by atoms with Crippen molar-refractivity contribution in [3.63, 3.8) is 0 Å². The number of carbonyl (C=O) groups is 1. The van der Waals surface area contributed by atoms with Crippen LogP contribution in [0.3, 0.4) is 0 Å². The van der Waals surface area contributed by atoms with Crippen molar-refractivity contribution < 1.29 is 14.3 Å². The van der Waals surface area contributed by atoms with Crippen molar-refractivity contribution in [2.75, 3.05) is 0 Å². The van der Waals surface area contributed by atoms with Crippen LogP contribution in [0.25, 0.3) is 0 Å². The molecule has 0 unspecified atom stereocenters. The second kappa shape index (κ2) is 6.54. The third kappa shape index (κ3) is 3.16. The van der Waals surface area contributed by atoms with Gasteiger partial charge in [0.15, 0.2) is 5.76 Å². The summed E-state index contributed by atoms with van der Waals surface area (Å²) in [4.78, 5) is 12.5. The number of aromatic nitrogens is 3. The SMILES string of the molecule is Cc1cc(C)c(C(=O)N[C@@H]2CCC[C@@H]2Cn2cc(C3(O)CCC3)nn2)o1. The van der Waals surface area contributed by atoms with Gasteiger partial charge in [0.25, 0.3) is 5.91 Å². The predicted octanol–water partition coefficient (Wildman–Crippen LogP) is 2.46. The van der Waals surface area contributed by atoms with E-state index in [1.807, 2.05) is 30.8 Å². The Balaban J connectivity index is 1.40. The van der Waals surface area contributed by atoms with Crippen molar-refractivity contribution in [1.29, 1.82) is 0 Å². The van der Waals surface area contributed by atoms with Crippen LogP contribution in [0, 0.1) is 19.8 Å². The minimum Gasteiger partial charge on any atom is -0.456 e. The predicted molar refractivity (Wildman–Crippen MR) is 94.5 cm³/mol. The van der Waals surface area contributed by atoms with Gasteiger partial charge in [-0.25, -0.2) is 0 Å². The second-order valence-corrected chi connectivity index (χ2v) is 7.85. The first-order valence-corrected chi connectivity index (χ1v) is 9.45. The van der Waals surface area contributed by atoms with E-state index in [2.05, 4.69) is 15.6 Å². The zero-order chi connectivity index (χ0) is 18.3. The first-order chi connectivity index (χ1) is 12.4. The summed E-state index contributed by atoms with van der Waals surface area (Å²) >= 11 is 0. The van der Waals surface area contributed by atoms with Gasteiger partial charge in [0.1, 0.15) is 17.1 Å². The zero-order valence-electron chi connectivity index (χ0n) is 15.4. The summed E-state index contributed by atoms with van der Waals surface area (Å²) in [6.07, 6.45) is 7.49. The topological polar surface area (TPSA) is 93.2 Å². The van der Waals surface area contributed by atoms with Crippen LogP contribution in [0.2, 0.25) is 0 Å². The fraction of sp³-hybridized carbons (Fsp3) is 0.632. The number of aryl methyl sites for hydroxylation is 2. The summed E-state index contributed by atoms with van der Waals surface area (Å²) in [5.41, 5.74) is 0.754. The van der Waals surface area contributed by atoms with Crippen LogP contribution in [0.5, 0.6) is 0 Å². The van der Waals surface area contributed by atoms with Crippen molar-refractivity contribution >= 4 is 5.91 Å². The molecule has 2 aromatic heterocycles. The zero-order valence-corrected chi connectivity index (χ0v) is 15.4. The van der Waals surface area contributed by atoms with Gasteiger partial charge >= 0.3 is 0 Å². The first-order valence-electron chi connectivity index (χ1n) is 9.45. The standard InChI is InChI=1S/C19H26N4O3/c1-12-9-13(2)26-17(12)18(24)20-15-6-3-5-14(15)10-23-11-16(21-22-23)19(25)7-4-8-19/h9,11,14-15,25H,3-8,10H2,1-2H3,(H,20,24)/t14-,15-/m1/s1. The highest BCUT2D eigenvalue weighted by molar-refractivity contribution is 5.93. The molecule has 140 valence electrons. The van der Waals surface area contributed by atoms with E-state index in [0.29, 0.717) is 23.9 Å². The molecule has 0 bridgehead atoms. The first kappa shape index (κ1) is 17.3. The molecule has 2 aromatic rings. The van der Waals surface area contributed by atoms with Crippen LogP contribution in [-0.2, 0) is 12.1 Å². The molecule has 2 aliphatic carbocycles. The Morgan fingerprint density at radius 2 is 2.19 bits per heavy atom. The van der Waals surface area contributed by atoms with Gasteiger partial charge in [-0.1, -0.05) is 11.6 Å². The molecule has 2 atom stereocenters. The number of nitrogens with zero attached hydrogens (tertiary/aromatic N) is 3. The van der Waals surface area contributed by atoms with E-state index in [9.17, 15) is 9.90 Å². The number of nitrogens with one attached hydrogen (secondary N) is 1. The molecule has 0 saturated heterocycles. The summed E-state index contributed by atoms with van der Waals surface area (Å²) in [6, 6.07) is 1.98. The molecule has 2 fully saturated rings. The van der Waals surface area contributed by atoms with Gasteiger partial charge in [0.2, 0.25) is 0 Å². The fourth-order valence-corrected chi connectivity index (χ4v) is 4.16. The highest BCUT2D eigenvalue weighted by atomic mass is 16.3. The average molecular weight is 358 g/mol. The molecule has 2 aliphatic rings. The van der Waals surface area contributed by atoms with Gasteiger partial charge < -0.3 is 14.8 Å². The fourth-order valence-electron chi connectivity index (χ4n) is 4.16. The lowest BCUT2D eigenvalue weighted by atomic mass is 9.78. The van der Waals surface area contributed by atoms with Gasteiger partial charge in [-0.15, -0.1) is 5.10 Å². The van der Waals surface area contributed by atoms with Gasteiger partial charge in [-0.2, -0.15) is 0 Å². The highest BCUT2D eigenvalue weighted by Crippen LogP contribution is 2.39. The summed E-state index contributed by atoms with van der Waals surface area (Å²) < 4.78 is 7.34. The van der Waals surface area contributed by atoms with Gasteiger partial charge in [0, 0.05) is 18.2 Å². The summed E-state index contributed by atoms with van der Waals surface area (Å²) in [6.45, 7) is 4.43. The maximum atomic E-state index is 12.5. The Kier molecular flexibility index (Phi) is 4.34. The van der Waals surface area contributed by atoms with E-state index in [-0.39, 0.29) is 11.9 Å². The van der Waals surface area contributed by atoms with E-state index in [4.69, 9.17) is 4.42 Å². The molecule has 1 amide bonds. The minimum absolute atomic E-state index is 0.103. The highest BCUT2D eigenvalue weighted by Gasteiger charge is 2.39. The molecular weight excluding hydrogens is 332 g/mol. The van der Waals surface area contributed by atoms with Crippen LogP contribution in [0.4, 0.5) is 0 Å². The number of hydrogen-bond acceptors (Lipinski definition) is 5. The minimum atomic E-state index is -0.782. The Morgan fingerprint density at radius 1 is 1.38 bits per heavy atom. The molecule has 2 heterocycles. The molecule has 0 radical (unpaired) electrons. The molecule has 0 spiro atoms. The Bertz CT molecular complexity index is 806. The number of amides is 1. The smallest absolute Gasteiger partial charge is 0.287 e. The Hall–Kier alpha value is -2.15. The van der Waals surface area contributed by atoms with Crippen molar-refractivity contribution in [2.45, 2.75) is 70.6 Å². The quantitative estimate of drug-likeness (QED) is 0.856. The molecule has 0 aromatic carbocycles. The van der Waals surface area contributed by atoms with E-state index in [0.717, 1.165) is 49.8 Å². The number of furan rings is 1. The Labute approximate surface area is 152 Å². The van der Waals surface area contributed by atoms with Crippen molar-refractivity contribution in [3.05, 3.63) is 35.0 Å². The van der Waals surface area contributed by atoms with Gasteiger partial charge in [0.05, 0.1) is 6.20 Å². The van der Waals surface area contributed by atoms with Gasteiger partial charge in [-0.3, -0.25) is 9.48 Å². The molecular formula is C19H26N4O3. The average Bonchev–Trinajstić information content (AvgIpc) is 3.27. The monoisotopic (exact) mass is 358 g/mol. The van der Waals surface area contributed by atoms with E-state index in [1.54, 1.807) is 0 Å². The summed E-state index contributed by atoms with van der Waals surface area (Å²) in [7, 11) is 0. The van der Waals surface area contributed by atoms with Crippen LogP contribution in [0.15, 0.2) is 16.7 Å². The summed E-state index contributed by atoms with van der Waals surface area (Å²) in [5, 5.41) is 21.9. The lowest BCUT2D eigenvalue weighted by molar-refractivity contribution is -0.0427. The van der Waals surface area contributed by atoms with E-state index in [1.165, 1.54) is 0 Å². The Morgan fingerprint density at radius 3 is 2.85 bits per heavy atom. The molecule has 2 saturated carbocycles. The van der Waals surface area contributed by atoms with Crippen molar-refractivity contribution in [1.82, 2.24) is 20.3 Å². The van der Waals surface area contributed by atoms with Crippen LogP contribution < -0.4 is 5.32 Å². The largest absolute Gasteiger partial charge is 0.456 e. The van der Waals surface area contributed by atoms with Crippen LogP contribution in [-0.4, -0.2) is 32.0 Å². The van der Waals surface area contributed by atoms with E-state index < -0.39 is 5.60 Å². The third-order valence-electron chi connectivity index (χ3n) is 5.84. The molecule has 0 aliphatic heterocycles. The lowest BCUT2D eigenvalue weighted by Gasteiger charge is -2.34.